The standard InChI is InChI=1S/C21H26N2.C17H23N2O.2ClH.Ru/c1-14-9-16(3)20(17(4)10-14)22-7-8-23(13-22)21-18(5)11-15(2)12-19(21)6;1-14(2)20-17-8-7-16(12-15(17)3)6-5-9-19-11-10-18(4)13-19;;;/h9-12H,7-8H2,1-6H3;3,7-8,10-14H,5-6,9H2,1-2,4H3;2*1H;/q;+1;;;+2/p-2. The summed E-state index contributed by atoms with van der Waals surface area (Å²) in [6.45, 7) is 19.8. The molecule has 2 heterocycles. The molecule has 46 heavy (non-hydrogen) atoms. The Labute approximate surface area is 286 Å². The van der Waals surface area contributed by atoms with Gasteiger partial charge in [-0.2, -0.15) is 0 Å². The molecule has 3 aromatic carbocycles. The summed E-state index contributed by atoms with van der Waals surface area (Å²) in [4.78, 5) is 4.82. The van der Waals surface area contributed by atoms with Crippen molar-refractivity contribution < 1.29 is 21.2 Å². The summed E-state index contributed by atoms with van der Waals surface area (Å²) < 4.78 is 13.8. The zero-order chi connectivity index (χ0) is 33.3. The van der Waals surface area contributed by atoms with Crippen molar-refractivity contribution >= 4 is 39.7 Å². The molecule has 0 N–H and O–H groups in total. The van der Waals surface area contributed by atoms with Crippen molar-refractivity contribution in [2.45, 2.75) is 80.9 Å². The Morgan fingerprint density at radius 3 is 1.87 bits per heavy atom. The van der Waals surface area contributed by atoms with E-state index in [9.17, 15) is 0 Å². The fraction of sp³-hybridized carbons (Fsp3) is 0.395. The first-order chi connectivity index (χ1) is 21.7. The molecule has 0 unspecified atom stereocenters. The first-order valence-corrected chi connectivity index (χ1v) is 22.4. The van der Waals surface area contributed by atoms with E-state index in [1.54, 1.807) is 0 Å². The molecule has 0 atom stereocenters. The molecule has 8 heteroatoms. The normalized spacial score (nSPS) is 14.0. The number of aromatic nitrogens is 2. The van der Waals surface area contributed by atoms with E-state index in [-0.39, 0.29) is 6.10 Å². The first kappa shape index (κ1) is 34.5. The zero-order valence-electron chi connectivity index (χ0n) is 28.8. The van der Waals surface area contributed by atoms with Gasteiger partial charge in [0.2, 0.25) is 0 Å². The second-order valence-electron chi connectivity index (χ2n) is 13.1. The van der Waals surface area contributed by atoms with Gasteiger partial charge in [0.1, 0.15) is 0 Å². The second-order valence-corrected chi connectivity index (χ2v) is 22.3. The van der Waals surface area contributed by atoms with Crippen LogP contribution in [0.1, 0.15) is 64.8 Å². The summed E-state index contributed by atoms with van der Waals surface area (Å²) in [6, 6.07) is 15.6. The van der Waals surface area contributed by atoms with Crippen LogP contribution in [0.3, 0.4) is 0 Å². The van der Waals surface area contributed by atoms with Gasteiger partial charge in [0.25, 0.3) is 0 Å². The minimum absolute atomic E-state index is 0.0285. The van der Waals surface area contributed by atoms with Gasteiger partial charge in [-0.15, -0.1) is 0 Å². The van der Waals surface area contributed by atoms with E-state index >= 15 is 0 Å². The molecule has 0 aliphatic carbocycles. The van der Waals surface area contributed by atoms with Gasteiger partial charge in [-0.05, 0) is 0 Å². The van der Waals surface area contributed by atoms with Gasteiger partial charge in [-0.25, -0.2) is 0 Å². The number of hydrogen-bond donors (Lipinski definition) is 0. The molecule has 0 amide bonds. The van der Waals surface area contributed by atoms with Crippen LogP contribution in [0, 0.1) is 41.5 Å². The third kappa shape index (κ3) is 7.67. The van der Waals surface area contributed by atoms with E-state index in [0.717, 1.165) is 48.1 Å². The van der Waals surface area contributed by atoms with Crippen molar-refractivity contribution in [2.75, 3.05) is 22.9 Å². The monoisotopic (exact) mass is 749 g/mol. The predicted molar refractivity (Wildman–Crippen MR) is 194 cm³/mol. The van der Waals surface area contributed by atoms with E-state index in [1.165, 1.54) is 50.3 Å². The molecule has 0 bridgehead atoms. The van der Waals surface area contributed by atoms with E-state index in [4.69, 9.17) is 24.1 Å². The number of halogens is 2. The van der Waals surface area contributed by atoms with Crippen molar-refractivity contribution in [3.8, 4) is 5.75 Å². The van der Waals surface area contributed by atoms with Gasteiger partial charge >= 0.3 is 288 Å². The topological polar surface area (TPSA) is 24.5 Å². The number of anilines is 2. The van der Waals surface area contributed by atoms with Gasteiger partial charge < -0.3 is 0 Å². The third-order valence-electron chi connectivity index (χ3n) is 8.38. The van der Waals surface area contributed by atoms with Crippen LogP contribution in [-0.2, 0) is 31.9 Å². The molecule has 1 fully saturated rings. The Morgan fingerprint density at radius 1 is 0.848 bits per heavy atom. The molecule has 0 spiro atoms. The van der Waals surface area contributed by atoms with Crippen LogP contribution >= 0.6 is 19.4 Å². The molecule has 1 aliphatic rings. The van der Waals surface area contributed by atoms with Gasteiger partial charge in [0.15, 0.2) is 0 Å². The number of hydrogen-bond acceptors (Lipinski definition) is 3. The molecule has 1 saturated heterocycles. The Bertz CT molecular complexity index is 1760. The van der Waals surface area contributed by atoms with Crippen LogP contribution in [0.4, 0.5) is 11.4 Å². The zero-order valence-corrected chi connectivity index (χ0v) is 32.0. The van der Waals surface area contributed by atoms with Crippen molar-refractivity contribution in [3.05, 3.63) is 106 Å². The van der Waals surface area contributed by atoms with Crippen molar-refractivity contribution in [2.24, 2.45) is 7.05 Å². The van der Waals surface area contributed by atoms with E-state index in [2.05, 4.69) is 147 Å². The summed E-state index contributed by atoms with van der Waals surface area (Å²) in [6.07, 6.45) is 8.32. The summed E-state index contributed by atoms with van der Waals surface area (Å²) in [5.41, 5.74) is 12.1. The molecule has 5 nitrogen and oxygen atoms in total. The van der Waals surface area contributed by atoms with Crippen LogP contribution < -0.4 is 19.1 Å². The molecule has 0 radical (unpaired) electrons. The molecule has 1 aliphatic heterocycles. The van der Waals surface area contributed by atoms with Gasteiger partial charge in [-0.3, -0.25) is 0 Å². The van der Waals surface area contributed by atoms with Crippen LogP contribution in [0.15, 0.2) is 61.2 Å². The predicted octanol–water partition coefficient (Wildman–Crippen LogP) is 8.31. The van der Waals surface area contributed by atoms with Gasteiger partial charge in [-0.1, -0.05) is 0 Å². The Hall–Kier alpha value is -2.79. The maximum absolute atomic E-state index is 7.78. The molecular formula is C38H49Cl2N4ORu+. The average molecular weight is 750 g/mol. The summed E-state index contributed by atoms with van der Waals surface area (Å²) >= 11 is -3.74. The third-order valence-corrected chi connectivity index (χ3v) is 13.9. The summed E-state index contributed by atoms with van der Waals surface area (Å²) in [7, 11) is 17.6. The van der Waals surface area contributed by atoms with E-state index in [1.807, 2.05) is 0 Å². The fourth-order valence-corrected chi connectivity index (χ4v) is 12.9. The van der Waals surface area contributed by atoms with Crippen molar-refractivity contribution in [1.82, 2.24) is 4.57 Å². The average Bonchev–Trinajstić information content (AvgIpc) is 3.55. The number of benzene rings is 3. The van der Waals surface area contributed by atoms with Crippen LogP contribution in [0.5, 0.6) is 5.75 Å². The Kier molecular flexibility index (Phi) is 10.6. The Balaban J connectivity index is 1.68. The van der Waals surface area contributed by atoms with E-state index in [0.29, 0.717) is 0 Å². The van der Waals surface area contributed by atoms with Gasteiger partial charge in [0.05, 0.1) is 0 Å². The van der Waals surface area contributed by atoms with Crippen LogP contribution in [-0.4, -0.2) is 32.7 Å². The maximum atomic E-state index is 7.78. The van der Waals surface area contributed by atoms with Crippen LogP contribution in [0.25, 0.3) is 0 Å². The molecule has 5 rings (SSSR count). The summed E-state index contributed by atoms with van der Waals surface area (Å²) in [5.74, 6) is 0.824. The molecule has 4 aromatic rings. The molecular weight excluding hydrogens is 700 g/mol. The quantitative estimate of drug-likeness (QED) is 0.127. The number of imidazole rings is 1. The summed E-state index contributed by atoms with van der Waals surface area (Å²) in [5, 5.41) is 0. The SMILES string of the molecule is Cc1cc(C)c(N2CCN(c3c(C)cc(C)cc3C)[C]2=[Ru]([Cl])([Cl])=[CH]c2cc(CCCn3cc[n+](C)c3)ccc2OC(C)C)c(C)c1. The fourth-order valence-electron chi connectivity index (χ4n) is 6.86. The first-order valence-electron chi connectivity index (χ1n) is 16.1. The number of rotatable bonds is 9. The molecule has 0 saturated carbocycles. The van der Waals surface area contributed by atoms with Crippen molar-refractivity contribution in [3.63, 3.8) is 0 Å². The number of ether oxygens (including phenoxy) is 1. The van der Waals surface area contributed by atoms with Gasteiger partial charge in [0, 0.05) is 0 Å². The van der Waals surface area contributed by atoms with E-state index < -0.39 is 11.9 Å². The number of aryl methyl sites for hydroxylation is 9. The number of nitrogens with zero attached hydrogens (tertiary/aromatic N) is 4. The van der Waals surface area contributed by atoms with Crippen molar-refractivity contribution in [1.29, 1.82) is 0 Å². The minimum atomic E-state index is -3.74. The Morgan fingerprint density at radius 2 is 1.39 bits per heavy atom. The second kappa shape index (κ2) is 14.1. The molecule has 248 valence electrons. The van der Waals surface area contributed by atoms with Crippen LogP contribution in [0.2, 0.25) is 0 Å². The molecule has 1 aromatic heterocycles.